The van der Waals surface area contributed by atoms with Crippen molar-refractivity contribution >= 4 is 23.7 Å². The fourth-order valence-corrected chi connectivity index (χ4v) is 2.94. The highest BCUT2D eigenvalue weighted by Crippen LogP contribution is 2.24. The molecule has 3 N–H and O–H groups in total. The Morgan fingerprint density at radius 2 is 1.83 bits per heavy atom. The monoisotopic (exact) mass is 335 g/mol. The molecule has 1 fully saturated rings. The molecule has 0 bridgehead atoms. The molecule has 1 aromatic carbocycles. The summed E-state index contributed by atoms with van der Waals surface area (Å²) in [6, 6.07) is 8.06. The average molecular weight is 335 g/mol. The largest absolute Gasteiger partial charge is 0.352 e. The summed E-state index contributed by atoms with van der Waals surface area (Å²) in [6.07, 6.45) is 2.08. The van der Waals surface area contributed by atoms with Crippen LogP contribution in [0.15, 0.2) is 29.2 Å². The van der Waals surface area contributed by atoms with Crippen LogP contribution in [0, 0.1) is 0 Å². The molecule has 0 saturated heterocycles. The van der Waals surface area contributed by atoms with Crippen LogP contribution in [0.3, 0.4) is 0 Å². The maximum atomic E-state index is 11.8. The Hall–Kier alpha value is -1.69. The van der Waals surface area contributed by atoms with E-state index >= 15 is 0 Å². The molecule has 0 unspecified atom stereocenters. The first-order valence-electron chi connectivity index (χ1n) is 8.04. The number of hydrogen-bond acceptors (Lipinski definition) is 3. The molecule has 5 nitrogen and oxygen atoms in total. The van der Waals surface area contributed by atoms with Crippen molar-refractivity contribution in [1.82, 2.24) is 16.0 Å². The molecule has 1 atom stereocenters. The van der Waals surface area contributed by atoms with Crippen molar-refractivity contribution in [2.24, 2.45) is 0 Å². The average Bonchev–Trinajstić information content (AvgIpc) is 3.29. The molecular formula is C17H25N3O2S. The third-order valence-electron chi connectivity index (χ3n) is 3.45. The van der Waals surface area contributed by atoms with Crippen LogP contribution in [0.2, 0.25) is 0 Å². The van der Waals surface area contributed by atoms with E-state index in [1.165, 1.54) is 4.90 Å². The van der Waals surface area contributed by atoms with Crippen molar-refractivity contribution in [1.29, 1.82) is 0 Å². The third kappa shape index (κ3) is 6.52. The number of carbonyl (C=O) groups excluding carboxylic acids is 2. The Labute approximate surface area is 142 Å². The lowest BCUT2D eigenvalue weighted by Gasteiger charge is -2.15. The molecule has 1 aliphatic rings. The highest BCUT2D eigenvalue weighted by Gasteiger charge is 2.23. The van der Waals surface area contributed by atoms with Gasteiger partial charge in [-0.05, 0) is 37.5 Å². The Balaban J connectivity index is 1.74. The molecule has 126 valence electrons. The molecular weight excluding hydrogens is 310 g/mol. The molecule has 23 heavy (non-hydrogen) atoms. The number of rotatable bonds is 7. The normalized spacial score (nSPS) is 15.1. The molecule has 1 aliphatic carbocycles. The van der Waals surface area contributed by atoms with Gasteiger partial charge in [-0.2, -0.15) is 0 Å². The number of amides is 3. The molecule has 1 saturated carbocycles. The van der Waals surface area contributed by atoms with E-state index in [2.05, 4.69) is 41.9 Å². The number of benzene rings is 1. The van der Waals surface area contributed by atoms with E-state index < -0.39 is 0 Å². The van der Waals surface area contributed by atoms with Crippen LogP contribution in [-0.2, 0) is 4.79 Å². The minimum atomic E-state index is -0.330. The third-order valence-corrected chi connectivity index (χ3v) is 4.47. The first-order chi connectivity index (χ1) is 10.9. The van der Waals surface area contributed by atoms with E-state index in [0.717, 1.165) is 18.4 Å². The molecule has 0 heterocycles. The lowest BCUT2D eigenvalue weighted by Crippen LogP contribution is -2.43. The van der Waals surface area contributed by atoms with Gasteiger partial charge in [-0.15, -0.1) is 11.8 Å². The van der Waals surface area contributed by atoms with Gasteiger partial charge in [-0.25, -0.2) is 4.79 Å². The van der Waals surface area contributed by atoms with Crippen molar-refractivity contribution in [3.63, 3.8) is 0 Å². The summed E-state index contributed by atoms with van der Waals surface area (Å²) < 4.78 is 0. The zero-order chi connectivity index (χ0) is 16.8. The van der Waals surface area contributed by atoms with Crippen LogP contribution in [-0.4, -0.2) is 29.8 Å². The predicted molar refractivity (Wildman–Crippen MR) is 93.5 cm³/mol. The second kappa shape index (κ2) is 8.24. The van der Waals surface area contributed by atoms with E-state index in [1.54, 1.807) is 0 Å². The van der Waals surface area contributed by atoms with Gasteiger partial charge in [-0.1, -0.05) is 26.0 Å². The fraction of sp³-hybridized carbons (Fsp3) is 0.529. The Kier molecular flexibility index (Phi) is 6.33. The van der Waals surface area contributed by atoms with Gasteiger partial charge in [0.05, 0.1) is 12.6 Å². The number of thioether (sulfide) groups is 1. The molecule has 0 aromatic heterocycles. The van der Waals surface area contributed by atoms with Gasteiger partial charge in [0, 0.05) is 16.2 Å². The summed E-state index contributed by atoms with van der Waals surface area (Å²) >= 11 is 1.81. The Morgan fingerprint density at radius 1 is 1.17 bits per heavy atom. The molecule has 2 rings (SSSR count). The predicted octanol–water partition coefficient (Wildman–Crippen LogP) is 2.83. The highest BCUT2D eigenvalue weighted by molar-refractivity contribution is 7.99. The SMILES string of the molecule is CC(C)Sc1ccc([C@@H](C)NC(=O)NCC(=O)NC2CC2)cc1. The van der Waals surface area contributed by atoms with E-state index in [9.17, 15) is 9.59 Å². The second-order valence-corrected chi connectivity index (χ2v) is 7.78. The van der Waals surface area contributed by atoms with Crippen LogP contribution >= 0.6 is 11.8 Å². The van der Waals surface area contributed by atoms with Crippen LogP contribution in [0.4, 0.5) is 4.79 Å². The van der Waals surface area contributed by atoms with Crippen molar-refractivity contribution in [3.05, 3.63) is 29.8 Å². The van der Waals surface area contributed by atoms with E-state index in [4.69, 9.17) is 0 Å². The molecule has 3 amide bonds. The van der Waals surface area contributed by atoms with Crippen LogP contribution in [0.25, 0.3) is 0 Å². The maximum absolute atomic E-state index is 11.8. The van der Waals surface area contributed by atoms with Gasteiger partial charge < -0.3 is 16.0 Å². The Morgan fingerprint density at radius 3 is 2.39 bits per heavy atom. The smallest absolute Gasteiger partial charge is 0.315 e. The Bertz CT molecular complexity index is 541. The summed E-state index contributed by atoms with van der Waals surface area (Å²) in [6.45, 7) is 6.26. The molecule has 6 heteroatoms. The summed E-state index contributed by atoms with van der Waals surface area (Å²) in [5, 5.41) is 8.81. The first-order valence-corrected chi connectivity index (χ1v) is 8.92. The van der Waals surface area contributed by atoms with Crippen molar-refractivity contribution < 1.29 is 9.59 Å². The zero-order valence-corrected chi connectivity index (χ0v) is 14.7. The maximum Gasteiger partial charge on any atom is 0.315 e. The number of nitrogens with one attached hydrogen (secondary N) is 3. The molecule has 0 aliphatic heterocycles. The van der Waals surface area contributed by atoms with Crippen LogP contribution in [0.5, 0.6) is 0 Å². The lowest BCUT2D eigenvalue weighted by molar-refractivity contribution is -0.120. The summed E-state index contributed by atoms with van der Waals surface area (Å²) in [5.41, 5.74) is 1.04. The second-order valence-electron chi connectivity index (χ2n) is 6.13. The van der Waals surface area contributed by atoms with Gasteiger partial charge in [0.2, 0.25) is 5.91 Å². The summed E-state index contributed by atoms with van der Waals surface area (Å²) in [4.78, 5) is 24.6. The molecule has 0 spiro atoms. The van der Waals surface area contributed by atoms with E-state index in [-0.39, 0.29) is 24.5 Å². The number of urea groups is 1. The van der Waals surface area contributed by atoms with Crippen LogP contribution < -0.4 is 16.0 Å². The van der Waals surface area contributed by atoms with Crippen LogP contribution in [0.1, 0.15) is 45.2 Å². The minimum Gasteiger partial charge on any atom is -0.352 e. The van der Waals surface area contributed by atoms with E-state index in [0.29, 0.717) is 11.3 Å². The highest BCUT2D eigenvalue weighted by atomic mass is 32.2. The zero-order valence-electron chi connectivity index (χ0n) is 13.9. The molecule has 0 radical (unpaired) electrons. The number of carbonyl (C=O) groups is 2. The standard InChI is InChI=1S/C17H25N3O2S/c1-11(2)23-15-8-4-13(5-9-15)12(3)19-17(22)18-10-16(21)20-14-6-7-14/h4-5,8-9,11-12,14H,6-7,10H2,1-3H3,(H,20,21)(H2,18,19,22)/t12-/m1/s1. The summed E-state index contributed by atoms with van der Waals surface area (Å²) in [5.74, 6) is -0.134. The fourth-order valence-electron chi connectivity index (χ4n) is 2.11. The van der Waals surface area contributed by atoms with Gasteiger partial charge in [0.25, 0.3) is 0 Å². The van der Waals surface area contributed by atoms with Gasteiger partial charge >= 0.3 is 6.03 Å². The minimum absolute atomic E-state index is 0.0129. The van der Waals surface area contributed by atoms with Crippen molar-refractivity contribution in [3.8, 4) is 0 Å². The quantitative estimate of drug-likeness (QED) is 0.671. The van der Waals surface area contributed by atoms with Crippen molar-refractivity contribution in [2.75, 3.05) is 6.54 Å². The summed E-state index contributed by atoms with van der Waals surface area (Å²) in [7, 11) is 0. The topological polar surface area (TPSA) is 70.2 Å². The van der Waals surface area contributed by atoms with Gasteiger partial charge in [0.15, 0.2) is 0 Å². The van der Waals surface area contributed by atoms with Gasteiger partial charge in [0.1, 0.15) is 0 Å². The number of hydrogen-bond donors (Lipinski definition) is 3. The lowest BCUT2D eigenvalue weighted by atomic mass is 10.1. The van der Waals surface area contributed by atoms with Crippen molar-refractivity contribution in [2.45, 2.75) is 55.8 Å². The molecule has 1 aromatic rings. The van der Waals surface area contributed by atoms with Gasteiger partial charge in [-0.3, -0.25) is 4.79 Å². The van der Waals surface area contributed by atoms with E-state index in [1.807, 2.05) is 30.8 Å². The first kappa shape index (κ1) is 17.7.